The molecule has 7 nitrogen and oxygen atoms in total. The SMILES string of the molecule is CC1=CC2=NC(=O)/C(=C/c3cccn3CCCOc3ccc(C)cc3C)C(=N)N2O1. The summed E-state index contributed by atoms with van der Waals surface area (Å²) < 4.78 is 7.94. The fourth-order valence-electron chi connectivity index (χ4n) is 3.49. The number of carbonyl (C=O) groups excluding carboxylic acids is 1. The lowest BCUT2D eigenvalue weighted by molar-refractivity contribution is -0.114. The zero-order valence-corrected chi connectivity index (χ0v) is 17.3. The molecule has 0 saturated carbocycles. The van der Waals surface area contributed by atoms with Gasteiger partial charge in [-0.05, 0) is 57.0 Å². The molecule has 0 spiro atoms. The Balaban J connectivity index is 1.41. The van der Waals surface area contributed by atoms with E-state index in [-0.39, 0.29) is 11.4 Å². The van der Waals surface area contributed by atoms with E-state index in [4.69, 9.17) is 15.0 Å². The predicted molar refractivity (Wildman–Crippen MR) is 115 cm³/mol. The summed E-state index contributed by atoms with van der Waals surface area (Å²) in [5.41, 5.74) is 3.38. The topological polar surface area (TPSA) is 79.9 Å². The van der Waals surface area contributed by atoms with Crippen molar-refractivity contribution in [2.75, 3.05) is 6.61 Å². The highest BCUT2D eigenvalue weighted by molar-refractivity contribution is 6.32. The second kappa shape index (κ2) is 8.02. The normalized spacial score (nSPS) is 17.0. The van der Waals surface area contributed by atoms with Gasteiger partial charge in [-0.15, -0.1) is 5.06 Å². The van der Waals surface area contributed by atoms with E-state index < -0.39 is 5.91 Å². The largest absolute Gasteiger partial charge is 0.493 e. The van der Waals surface area contributed by atoms with Crippen LogP contribution in [0.1, 0.15) is 30.2 Å². The number of fused-ring (bicyclic) bond motifs is 1. The van der Waals surface area contributed by atoms with Gasteiger partial charge in [0, 0.05) is 24.5 Å². The van der Waals surface area contributed by atoms with E-state index in [0.717, 1.165) is 30.0 Å². The third-order valence-corrected chi connectivity index (χ3v) is 4.97. The molecule has 7 heteroatoms. The molecule has 30 heavy (non-hydrogen) atoms. The molecule has 154 valence electrons. The van der Waals surface area contributed by atoms with Crippen molar-refractivity contribution in [3.8, 4) is 5.75 Å². The third kappa shape index (κ3) is 3.91. The predicted octanol–water partition coefficient (Wildman–Crippen LogP) is 4.02. The van der Waals surface area contributed by atoms with Crippen LogP contribution in [-0.4, -0.2) is 33.8 Å². The van der Waals surface area contributed by atoms with E-state index in [1.54, 1.807) is 19.1 Å². The molecule has 0 radical (unpaired) electrons. The highest BCUT2D eigenvalue weighted by Gasteiger charge is 2.34. The van der Waals surface area contributed by atoms with Crippen LogP contribution in [0, 0.1) is 19.3 Å². The zero-order chi connectivity index (χ0) is 21.3. The molecule has 3 heterocycles. The van der Waals surface area contributed by atoms with Crippen molar-refractivity contribution >= 4 is 23.7 Å². The Morgan fingerprint density at radius 1 is 1.23 bits per heavy atom. The minimum absolute atomic E-state index is 0.0102. The zero-order valence-electron chi connectivity index (χ0n) is 17.3. The summed E-state index contributed by atoms with van der Waals surface area (Å²) in [4.78, 5) is 21.9. The van der Waals surface area contributed by atoms with Gasteiger partial charge >= 0.3 is 0 Å². The van der Waals surface area contributed by atoms with Crippen LogP contribution >= 0.6 is 0 Å². The van der Waals surface area contributed by atoms with Gasteiger partial charge < -0.3 is 14.1 Å². The van der Waals surface area contributed by atoms with Gasteiger partial charge in [0.25, 0.3) is 5.91 Å². The minimum Gasteiger partial charge on any atom is -0.493 e. The van der Waals surface area contributed by atoms with E-state index in [9.17, 15) is 4.79 Å². The first-order chi connectivity index (χ1) is 14.4. The fraction of sp³-hybridized carbons (Fsp3) is 0.261. The Kier molecular flexibility index (Phi) is 5.27. The van der Waals surface area contributed by atoms with Crippen molar-refractivity contribution in [1.82, 2.24) is 9.63 Å². The second-order valence-electron chi connectivity index (χ2n) is 7.42. The molecule has 0 aliphatic carbocycles. The van der Waals surface area contributed by atoms with Gasteiger partial charge in [0.1, 0.15) is 11.5 Å². The smallest absolute Gasteiger partial charge is 0.283 e. The molecule has 0 fully saturated rings. The van der Waals surface area contributed by atoms with Crippen molar-refractivity contribution in [2.24, 2.45) is 4.99 Å². The van der Waals surface area contributed by atoms with Gasteiger partial charge in [-0.25, -0.2) is 0 Å². The first kappa shape index (κ1) is 19.7. The first-order valence-corrected chi connectivity index (χ1v) is 9.87. The number of aryl methyl sites for hydroxylation is 3. The van der Waals surface area contributed by atoms with Crippen LogP contribution in [0.3, 0.4) is 0 Å². The Bertz CT molecular complexity index is 1110. The number of hydrogen-bond acceptors (Lipinski definition) is 4. The number of amides is 1. The molecule has 1 aromatic heterocycles. The van der Waals surface area contributed by atoms with Gasteiger partial charge in [-0.1, -0.05) is 17.7 Å². The number of hydroxylamine groups is 2. The van der Waals surface area contributed by atoms with E-state index in [1.165, 1.54) is 10.6 Å². The average molecular weight is 404 g/mol. The Hall–Kier alpha value is -3.61. The van der Waals surface area contributed by atoms with Crippen LogP contribution < -0.4 is 4.74 Å². The molecule has 2 aromatic rings. The lowest BCUT2D eigenvalue weighted by Gasteiger charge is -2.23. The summed E-state index contributed by atoms with van der Waals surface area (Å²) in [6.45, 7) is 7.19. The number of amidine groups is 2. The summed E-state index contributed by atoms with van der Waals surface area (Å²) in [6.07, 6.45) is 6.09. The van der Waals surface area contributed by atoms with E-state index >= 15 is 0 Å². The maximum atomic E-state index is 12.4. The molecular formula is C23H24N4O3. The Morgan fingerprint density at radius 2 is 2.07 bits per heavy atom. The Morgan fingerprint density at radius 3 is 2.87 bits per heavy atom. The number of hydrogen-bond donors (Lipinski definition) is 1. The monoisotopic (exact) mass is 404 g/mol. The summed E-state index contributed by atoms with van der Waals surface area (Å²) in [5.74, 6) is 1.40. The van der Waals surface area contributed by atoms with Gasteiger partial charge in [0.15, 0.2) is 11.7 Å². The van der Waals surface area contributed by atoms with Crippen LogP contribution in [-0.2, 0) is 16.2 Å². The van der Waals surface area contributed by atoms with Crippen molar-refractivity contribution in [3.63, 3.8) is 0 Å². The average Bonchev–Trinajstić information content (AvgIpc) is 3.29. The summed E-state index contributed by atoms with van der Waals surface area (Å²) in [7, 11) is 0. The van der Waals surface area contributed by atoms with Gasteiger partial charge in [0.2, 0.25) is 0 Å². The Labute approximate surface area is 175 Å². The molecule has 0 saturated heterocycles. The third-order valence-electron chi connectivity index (χ3n) is 4.97. The highest BCUT2D eigenvalue weighted by atomic mass is 16.7. The van der Waals surface area contributed by atoms with Crippen molar-refractivity contribution in [3.05, 3.63) is 70.8 Å². The molecule has 2 aliphatic heterocycles. The number of nitrogens with one attached hydrogen (secondary N) is 1. The number of allylic oxidation sites excluding steroid dienone is 1. The number of rotatable bonds is 6. The fourth-order valence-corrected chi connectivity index (χ4v) is 3.49. The number of aromatic nitrogens is 1. The van der Waals surface area contributed by atoms with Gasteiger partial charge in [-0.2, -0.15) is 4.99 Å². The number of carbonyl (C=O) groups is 1. The first-order valence-electron chi connectivity index (χ1n) is 9.87. The molecule has 0 unspecified atom stereocenters. The van der Waals surface area contributed by atoms with E-state index in [0.29, 0.717) is 18.2 Å². The van der Waals surface area contributed by atoms with E-state index in [1.807, 2.05) is 42.0 Å². The molecule has 0 bridgehead atoms. The molecule has 4 rings (SSSR count). The number of ether oxygens (including phenoxy) is 1. The van der Waals surface area contributed by atoms with Crippen LogP contribution in [0.25, 0.3) is 6.08 Å². The minimum atomic E-state index is -0.438. The summed E-state index contributed by atoms with van der Waals surface area (Å²) in [5, 5.41) is 9.60. The van der Waals surface area contributed by atoms with Crippen molar-refractivity contribution in [1.29, 1.82) is 5.41 Å². The van der Waals surface area contributed by atoms with Crippen molar-refractivity contribution < 1.29 is 14.4 Å². The molecule has 1 N–H and O–H groups in total. The number of nitrogens with zero attached hydrogens (tertiary/aromatic N) is 3. The summed E-state index contributed by atoms with van der Waals surface area (Å²) >= 11 is 0. The molecule has 1 amide bonds. The van der Waals surface area contributed by atoms with E-state index in [2.05, 4.69) is 18.0 Å². The highest BCUT2D eigenvalue weighted by Crippen LogP contribution is 2.24. The molecule has 1 aromatic carbocycles. The van der Waals surface area contributed by atoms with Crippen LogP contribution in [0.15, 0.2) is 58.9 Å². The van der Waals surface area contributed by atoms with Crippen LogP contribution in [0.4, 0.5) is 0 Å². The van der Waals surface area contributed by atoms with Gasteiger partial charge in [-0.3, -0.25) is 10.2 Å². The maximum Gasteiger partial charge on any atom is 0.283 e. The lowest BCUT2D eigenvalue weighted by Crippen LogP contribution is -2.38. The maximum absolute atomic E-state index is 12.4. The molecular weight excluding hydrogens is 380 g/mol. The second-order valence-corrected chi connectivity index (χ2v) is 7.42. The number of aliphatic imine (C=N–C) groups is 1. The molecule has 2 aliphatic rings. The quantitative estimate of drug-likeness (QED) is 0.582. The number of benzene rings is 1. The summed E-state index contributed by atoms with van der Waals surface area (Å²) in [6, 6.07) is 9.98. The molecule has 0 atom stereocenters. The van der Waals surface area contributed by atoms with Gasteiger partial charge in [0.05, 0.1) is 12.2 Å². The van der Waals surface area contributed by atoms with Crippen LogP contribution in [0.2, 0.25) is 0 Å². The standard InChI is InChI=1S/C23H24N4O3/c1-15-7-8-20(16(2)12-15)29-11-5-10-26-9-4-6-18(26)14-19-22(24)27-21(25-23(19)28)13-17(3)30-27/h4,6-9,12-14,24H,5,10-11H2,1-3H3/b19-14+,24-22?. The van der Waals surface area contributed by atoms with Crippen molar-refractivity contribution in [2.45, 2.75) is 33.7 Å². The lowest BCUT2D eigenvalue weighted by atomic mass is 10.1. The van der Waals surface area contributed by atoms with Crippen LogP contribution in [0.5, 0.6) is 5.75 Å².